The SMILES string of the molecule is CC(C)C(=O)N1CCC[C@H](C(=O)N2CCN(Cc3cn4cc(Cl)ccc4n3)CC2)C1. The van der Waals surface area contributed by atoms with Gasteiger partial charge in [0.25, 0.3) is 0 Å². The third kappa shape index (κ3) is 4.62. The van der Waals surface area contributed by atoms with Crippen LogP contribution in [-0.2, 0) is 16.1 Å². The van der Waals surface area contributed by atoms with Gasteiger partial charge < -0.3 is 14.2 Å². The number of hydrogen-bond acceptors (Lipinski definition) is 4. The van der Waals surface area contributed by atoms with E-state index in [4.69, 9.17) is 11.6 Å². The second kappa shape index (κ2) is 8.94. The van der Waals surface area contributed by atoms with Crippen LogP contribution in [0.15, 0.2) is 24.5 Å². The smallest absolute Gasteiger partial charge is 0.227 e. The quantitative estimate of drug-likeness (QED) is 0.746. The Kier molecular flexibility index (Phi) is 6.29. The highest BCUT2D eigenvalue weighted by atomic mass is 35.5. The number of rotatable bonds is 4. The number of pyridine rings is 1. The van der Waals surface area contributed by atoms with E-state index >= 15 is 0 Å². The zero-order valence-electron chi connectivity index (χ0n) is 17.8. The Morgan fingerprint density at radius 1 is 1.10 bits per heavy atom. The molecule has 1 atom stereocenters. The molecule has 4 heterocycles. The van der Waals surface area contributed by atoms with Crippen LogP contribution in [0.3, 0.4) is 0 Å². The van der Waals surface area contributed by atoms with E-state index in [0.717, 1.165) is 63.5 Å². The van der Waals surface area contributed by atoms with Crippen molar-refractivity contribution in [3.05, 3.63) is 35.2 Å². The van der Waals surface area contributed by atoms with E-state index in [-0.39, 0.29) is 23.7 Å². The van der Waals surface area contributed by atoms with Gasteiger partial charge in [-0.05, 0) is 25.0 Å². The largest absolute Gasteiger partial charge is 0.342 e. The van der Waals surface area contributed by atoms with E-state index in [1.807, 2.05) is 52.6 Å². The topological polar surface area (TPSA) is 61.2 Å². The molecule has 0 aliphatic carbocycles. The highest BCUT2D eigenvalue weighted by molar-refractivity contribution is 6.30. The van der Waals surface area contributed by atoms with Crippen LogP contribution in [-0.4, -0.2) is 75.2 Å². The van der Waals surface area contributed by atoms with E-state index in [2.05, 4.69) is 9.88 Å². The molecule has 7 nitrogen and oxygen atoms in total. The normalized spacial score (nSPS) is 20.9. The lowest BCUT2D eigenvalue weighted by Gasteiger charge is -2.39. The number of piperazine rings is 1. The number of carbonyl (C=O) groups is 2. The lowest BCUT2D eigenvalue weighted by atomic mass is 9.95. The lowest BCUT2D eigenvalue weighted by Crippen LogP contribution is -2.53. The molecule has 0 saturated carbocycles. The Morgan fingerprint density at radius 3 is 2.60 bits per heavy atom. The second-order valence-corrected chi connectivity index (χ2v) is 9.16. The molecule has 2 amide bonds. The van der Waals surface area contributed by atoms with Crippen molar-refractivity contribution in [2.45, 2.75) is 33.2 Å². The molecule has 2 saturated heterocycles. The number of fused-ring (bicyclic) bond motifs is 1. The lowest BCUT2D eigenvalue weighted by molar-refractivity contribution is -0.143. The molecule has 2 aromatic rings. The van der Waals surface area contributed by atoms with Crippen LogP contribution < -0.4 is 0 Å². The molecule has 0 aromatic carbocycles. The maximum atomic E-state index is 13.0. The van der Waals surface area contributed by atoms with E-state index < -0.39 is 0 Å². The van der Waals surface area contributed by atoms with Gasteiger partial charge in [-0.3, -0.25) is 14.5 Å². The molecule has 30 heavy (non-hydrogen) atoms. The Hall–Kier alpha value is -2.12. The molecule has 2 aliphatic rings. The number of aromatic nitrogens is 2. The van der Waals surface area contributed by atoms with Crippen molar-refractivity contribution in [3.8, 4) is 0 Å². The van der Waals surface area contributed by atoms with Crippen LogP contribution >= 0.6 is 11.6 Å². The third-order valence-electron chi connectivity index (χ3n) is 6.11. The zero-order chi connectivity index (χ0) is 21.3. The Bertz CT molecular complexity index is 919. The van der Waals surface area contributed by atoms with E-state index in [1.54, 1.807) is 0 Å². The molecule has 2 aliphatic heterocycles. The average Bonchev–Trinajstić information content (AvgIpc) is 3.14. The van der Waals surface area contributed by atoms with Crippen molar-refractivity contribution in [1.29, 1.82) is 0 Å². The molecule has 0 radical (unpaired) electrons. The monoisotopic (exact) mass is 431 g/mol. The predicted octanol–water partition coefficient (Wildman–Crippen LogP) is 2.53. The van der Waals surface area contributed by atoms with Gasteiger partial charge in [0.05, 0.1) is 16.6 Å². The fraction of sp³-hybridized carbons (Fsp3) is 0.591. The number of nitrogens with zero attached hydrogens (tertiary/aromatic N) is 5. The molecule has 2 fully saturated rings. The first-order valence-electron chi connectivity index (χ1n) is 10.8. The molecular formula is C22H30ClN5O2. The Morgan fingerprint density at radius 2 is 1.87 bits per heavy atom. The number of amides is 2. The van der Waals surface area contributed by atoms with Crippen LogP contribution in [0.4, 0.5) is 0 Å². The van der Waals surface area contributed by atoms with Crippen molar-refractivity contribution in [2.24, 2.45) is 11.8 Å². The summed E-state index contributed by atoms with van der Waals surface area (Å²) in [7, 11) is 0. The van der Waals surface area contributed by atoms with E-state index in [1.165, 1.54) is 0 Å². The zero-order valence-corrected chi connectivity index (χ0v) is 18.5. The molecule has 0 unspecified atom stereocenters. The van der Waals surface area contributed by atoms with Crippen LogP contribution in [0, 0.1) is 11.8 Å². The van der Waals surface area contributed by atoms with Crippen molar-refractivity contribution in [2.75, 3.05) is 39.3 Å². The van der Waals surface area contributed by atoms with Crippen molar-refractivity contribution >= 4 is 29.1 Å². The number of imidazole rings is 1. The fourth-order valence-electron chi connectivity index (χ4n) is 4.45. The number of likely N-dealkylation sites (tertiary alicyclic amines) is 1. The van der Waals surface area contributed by atoms with Gasteiger partial charge in [0, 0.05) is 64.1 Å². The molecule has 0 N–H and O–H groups in total. The first-order valence-corrected chi connectivity index (χ1v) is 11.2. The molecule has 0 bridgehead atoms. The first-order chi connectivity index (χ1) is 14.4. The molecular weight excluding hydrogens is 402 g/mol. The first kappa shape index (κ1) is 21.1. The minimum absolute atomic E-state index is 0.0157. The highest BCUT2D eigenvalue weighted by Gasteiger charge is 2.33. The molecule has 8 heteroatoms. The van der Waals surface area contributed by atoms with Gasteiger partial charge in [-0.15, -0.1) is 0 Å². The summed E-state index contributed by atoms with van der Waals surface area (Å²) < 4.78 is 1.95. The van der Waals surface area contributed by atoms with Gasteiger partial charge in [0.15, 0.2) is 0 Å². The summed E-state index contributed by atoms with van der Waals surface area (Å²) in [5, 5.41) is 0.690. The van der Waals surface area contributed by atoms with Gasteiger partial charge in [-0.1, -0.05) is 25.4 Å². The minimum Gasteiger partial charge on any atom is -0.342 e. The summed E-state index contributed by atoms with van der Waals surface area (Å²) in [6.07, 6.45) is 5.67. The minimum atomic E-state index is -0.0591. The summed E-state index contributed by atoms with van der Waals surface area (Å²) in [6.45, 7) is 9.08. The van der Waals surface area contributed by atoms with E-state index in [9.17, 15) is 9.59 Å². The summed E-state index contributed by atoms with van der Waals surface area (Å²) in [5.41, 5.74) is 1.90. The van der Waals surface area contributed by atoms with E-state index in [0.29, 0.717) is 11.6 Å². The summed E-state index contributed by atoms with van der Waals surface area (Å²) in [4.78, 5) is 36.2. The maximum Gasteiger partial charge on any atom is 0.227 e. The van der Waals surface area contributed by atoms with Crippen LogP contribution in [0.2, 0.25) is 5.02 Å². The van der Waals surface area contributed by atoms with Gasteiger partial charge >= 0.3 is 0 Å². The van der Waals surface area contributed by atoms with Gasteiger partial charge in [0.2, 0.25) is 11.8 Å². The molecule has 0 spiro atoms. The molecule has 4 rings (SSSR count). The summed E-state index contributed by atoms with van der Waals surface area (Å²) >= 11 is 6.05. The maximum absolute atomic E-state index is 13.0. The number of carbonyl (C=O) groups excluding carboxylic acids is 2. The fourth-order valence-corrected chi connectivity index (χ4v) is 4.62. The van der Waals surface area contributed by atoms with Crippen molar-refractivity contribution in [3.63, 3.8) is 0 Å². The van der Waals surface area contributed by atoms with Crippen molar-refractivity contribution in [1.82, 2.24) is 24.1 Å². The highest BCUT2D eigenvalue weighted by Crippen LogP contribution is 2.22. The molecule has 162 valence electrons. The predicted molar refractivity (Wildman–Crippen MR) is 116 cm³/mol. The van der Waals surface area contributed by atoms with Crippen LogP contribution in [0.25, 0.3) is 5.65 Å². The standard InChI is InChI=1S/C22H30ClN5O2/c1-16(2)21(29)27-7-3-4-17(12-27)22(30)26-10-8-25(9-11-26)14-19-15-28-13-18(23)5-6-20(28)24-19/h5-6,13,15-17H,3-4,7-12,14H2,1-2H3/t17-/m0/s1. The average molecular weight is 432 g/mol. The third-order valence-corrected chi connectivity index (χ3v) is 6.33. The second-order valence-electron chi connectivity index (χ2n) is 8.72. The summed E-state index contributed by atoms with van der Waals surface area (Å²) in [6, 6.07) is 3.76. The Labute approximate surface area is 182 Å². The van der Waals surface area contributed by atoms with Gasteiger partial charge in [-0.2, -0.15) is 0 Å². The van der Waals surface area contributed by atoms with Crippen molar-refractivity contribution < 1.29 is 9.59 Å². The molecule has 2 aromatic heterocycles. The number of piperidine rings is 1. The van der Waals surface area contributed by atoms with Crippen LogP contribution in [0.5, 0.6) is 0 Å². The number of hydrogen-bond donors (Lipinski definition) is 0. The van der Waals surface area contributed by atoms with Gasteiger partial charge in [-0.25, -0.2) is 4.98 Å². The summed E-state index contributed by atoms with van der Waals surface area (Å²) in [5.74, 6) is 0.290. The van der Waals surface area contributed by atoms with Gasteiger partial charge in [0.1, 0.15) is 5.65 Å². The van der Waals surface area contributed by atoms with Crippen LogP contribution in [0.1, 0.15) is 32.4 Å². The Balaban J connectivity index is 1.30. The number of halogens is 1.